The van der Waals surface area contributed by atoms with Gasteiger partial charge in [0.25, 0.3) is 0 Å². The van der Waals surface area contributed by atoms with Crippen LogP contribution >= 0.6 is 12.2 Å². The second-order valence-electron chi connectivity index (χ2n) is 3.57. The lowest BCUT2D eigenvalue weighted by Gasteiger charge is -2.22. The Kier molecular flexibility index (Phi) is 4.68. The number of benzene rings is 1. The summed E-state index contributed by atoms with van der Waals surface area (Å²) in [7, 11) is 0. The standard InChI is InChI=1S/C12H17FN2S/c1-4-15(5-2)12(16)14-10-7-6-9(3)11(13)8-10/h6-8H,4-5H2,1-3H3,(H,14,16). The van der Waals surface area contributed by atoms with Gasteiger partial charge in [-0.05, 0) is 50.7 Å². The largest absolute Gasteiger partial charge is 0.350 e. The van der Waals surface area contributed by atoms with Gasteiger partial charge >= 0.3 is 0 Å². The number of hydrogen-bond acceptors (Lipinski definition) is 1. The predicted molar refractivity (Wildman–Crippen MR) is 70.3 cm³/mol. The smallest absolute Gasteiger partial charge is 0.173 e. The molecular weight excluding hydrogens is 223 g/mol. The molecule has 0 saturated heterocycles. The summed E-state index contributed by atoms with van der Waals surface area (Å²) >= 11 is 5.22. The first-order valence-corrected chi connectivity index (χ1v) is 5.81. The van der Waals surface area contributed by atoms with E-state index in [9.17, 15) is 4.39 Å². The Labute approximate surface area is 101 Å². The minimum absolute atomic E-state index is 0.215. The third kappa shape index (κ3) is 3.17. The lowest BCUT2D eigenvalue weighted by molar-refractivity contribution is 0.473. The maximum atomic E-state index is 13.3. The maximum Gasteiger partial charge on any atom is 0.173 e. The molecule has 88 valence electrons. The molecule has 0 aliphatic heterocycles. The van der Waals surface area contributed by atoms with Crippen LogP contribution < -0.4 is 5.32 Å². The molecule has 0 aliphatic carbocycles. The minimum atomic E-state index is -0.215. The Balaban J connectivity index is 2.73. The van der Waals surface area contributed by atoms with Crippen molar-refractivity contribution in [2.24, 2.45) is 0 Å². The van der Waals surface area contributed by atoms with E-state index in [4.69, 9.17) is 12.2 Å². The van der Waals surface area contributed by atoms with E-state index in [0.29, 0.717) is 16.4 Å². The molecule has 0 aromatic heterocycles. The molecule has 0 amide bonds. The highest BCUT2D eigenvalue weighted by atomic mass is 32.1. The molecule has 1 N–H and O–H groups in total. The molecule has 0 atom stereocenters. The fourth-order valence-electron chi connectivity index (χ4n) is 1.38. The van der Waals surface area contributed by atoms with Crippen molar-refractivity contribution in [2.45, 2.75) is 20.8 Å². The lowest BCUT2D eigenvalue weighted by Crippen LogP contribution is -2.34. The Hall–Kier alpha value is -1.16. The van der Waals surface area contributed by atoms with Gasteiger partial charge in [0.05, 0.1) is 0 Å². The van der Waals surface area contributed by atoms with Crippen LogP contribution in [0.5, 0.6) is 0 Å². The molecular formula is C12H17FN2S. The first kappa shape index (κ1) is 12.9. The number of hydrogen-bond donors (Lipinski definition) is 1. The lowest BCUT2D eigenvalue weighted by atomic mass is 10.2. The zero-order valence-electron chi connectivity index (χ0n) is 9.88. The molecule has 0 radical (unpaired) electrons. The summed E-state index contributed by atoms with van der Waals surface area (Å²) in [6.07, 6.45) is 0. The van der Waals surface area contributed by atoms with Crippen LogP contribution in [0.4, 0.5) is 10.1 Å². The summed E-state index contributed by atoms with van der Waals surface area (Å²) in [6, 6.07) is 5.03. The van der Waals surface area contributed by atoms with Crippen LogP contribution in [-0.2, 0) is 0 Å². The Morgan fingerprint density at radius 1 is 1.38 bits per heavy atom. The van der Waals surface area contributed by atoms with Crippen LogP contribution in [-0.4, -0.2) is 23.1 Å². The van der Waals surface area contributed by atoms with Crippen molar-refractivity contribution in [3.63, 3.8) is 0 Å². The van der Waals surface area contributed by atoms with Crippen molar-refractivity contribution in [3.05, 3.63) is 29.6 Å². The minimum Gasteiger partial charge on any atom is -0.350 e. The van der Waals surface area contributed by atoms with E-state index in [-0.39, 0.29) is 5.82 Å². The highest BCUT2D eigenvalue weighted by Gasteiger charge is 2.06. The molecule has 0 bridgehead atoms. The van der Waals surface area contributed by atoms with E-state index in [0.717, 1.165) is 13.1 Å². The third-order valence-corrected chi connectivity index (χ3v) is 2.83. The van der Waals surface area contributed by atoms with E-state index < -0.39 is 0 Å². The maximum absolute atomic E-state index is 13.3. The van der Waals surface area contributed by atoms with E-state index >= 15 is 0 Å². The molecule has 16 heavy (non-hydrogen) atoms. The SMILES string of the molecule is CCN(CC)C(=S)Nc1ccc(C)c(F)c1. The monoisotopic (exact) mass is 240 g/mol. The topological polar surface area (TPSA) is 15.3 Å². The van der Waals surface area contributed by atoms with Gasteiger partial charge in [0.1, 0.15) is 5.82 Å². The van der Waals surface area contributed by atoms with Crippen molar-refractivity contribution in [2.75, 3.05) is 18.4 Å². The summed E-state index contributed by atoms with van der Waals surface area (Å²) in [5.41, 5.74) is 1.33. The highest BCUT2D eigenvalue weighted by molar-refractivity contribution is 7.80. The van der Waals surface area contributed by atoms with E-state index in [1.165, 1.54) is 6.07 Å². The molecule has 0 aliphatic rings. The van der Waals surface area contributed by atoms with E-state index in [2.05, 4.69) is 5.32 Å². The van der Waals surface area contributed by atoms with Crippen molar-refractivity contribution in [1.82, 2.24) is 4.90 Å². The Morgan fingerprint density at radius 3 is 2.50 bits per heavy atom. The molecule has 4 heteroatoms. The molecule has 0 unspecified atom stereocenters. The van der Waals surface area contributed by atoms with Gasteiger partial charge in [-0.15, -0.1) is 0 Å². The first-order valence-electron chi connectivity index (χ1n) is 5.40. The number of thiocarbonyl (C=S) groups is 1. The predicted octanol–water partition coefficient (Wildman–Crippen LogP) is 3.17. The molecule has 0 spiro atoms. The summed E-state index contributed by atoms with van der Waals surface area (Å²) in [4.78, 5) is 2.01. The number of rotatable bonds is 3. The Bertz CT molecular complexity index is 375. The Morgan fingerprint density at radius 2 is 2.00 bits per heavy atom. The number of anilines is 1. The van der Waals surface area contributed by atoms with Crippen molar-refractivity contribution >= 4 is 23.0 Å². The normalized spacial score (nSPS) is 10.0. The van der Waals surface area contributed by atoms with Crippen LogP contribution in [0, 0.1) is 12.7 Å². The van der Waals surface area contributed by atoms with Crippen LogP contribution in [0.25, 0.3) is 0 Å². The zero-order valence-corrected chi connectivity index (χ0v) is 10.7. The second-order valence-corrected chi connectivity index (χ2v) is 3.95. The molecule has 1 aromatic carbocycles. The van der Waals surface area contributed by atoms with Gasteiger partial charge in [-0.3, -0.25) is 0 Å². The van der Waals surface area contributed by atoms with Gasteiger partial charge in [-0.2, -0.15) is 0 Å². The molecule has 0 saturated carbocycles. The molecule has 0 fully saturated rings. The van der Waals surface area contributed by atoms with Gasteiger partial charge in [-0.25, -0.2) is 4.39 Å². The third-order valence-electron chi connectivity index (χ3n) is 2.47. The zero-order chi connectivity index (χ0) is 12.1. The van der Waals surface area contributed by atoms with Gasteiger partial charge in [0, 0.05) is 18.8 Å². The van der Waals surface area contributed by atoms with Crippen LogP contribution in [0.3, 0.4) is 0 Å². The van der Waals surface area contributed by atoms with Crippen molar-refractivity contribution < 1.29 is 4.39 Å². The second kappa shape index (κ2) is 5.80. The van der Waals surface area contributed by atoms with Crippen molar-refractivity contribution in [3.8, 4) is 0 Å². The molecule has 0 heterocycles. The van der Waals surface area contributed by atoms with Crippen LogP contribution in [0.15, 0.2) is 18.2 Å². The van der Waals surface area contributed by atoms with Gasteiger partial charge in [0.2, 0.25) is 0 Å². The van der Waals surface area contributed by atoms with Crippen molar-refractivity contribution in [1.29, 1.82) is 0 Å². The first-order chi connectivity index (χ1) is 7.58. The van der Waals surface area contributed by atoms with Crippen LogP contribution in [0.1, 0.15) is 19.4 Å². The average molecular weight is 240 g/mol. The van der Waals surface area contributed by atoms with Crippen LogP contribution in [0.2, 0.25) is 0 Å². The average Bonchev–Trinajstić information content (AvgIpc) is 2.25. The fraction of sp³-hybridized carbons (Fsp3) is 0.417. The molecule has 2 nitrogen and oxygen atoms in total. The van der Waals surface area contributed by atoms with E-state index in [1.807, 2.05) is 24.8 Å². The molecule has 1 rings (SSSR count). The quantitative estimate of drug-likeness (QED) is 0.817. The summed E-state index contributed by atoms with van der Waals surface area (Å²) in [6.45, 7) is 7.50. The van der Waals surface area contributed by atoms with E-state index in [1.54, 1.807) is 13.0 Å². The molecule has 1 aromatic rings. The highest BCUT2D eigenvalue weighted by Crippen LogP contribution is 2.14. The number of halogens is 1. The summed E-state index contributed by atoms with van der Waals surface area (Å²) < 4.78 is 13.3. The van der Waals surface area contributed by atoms with Gasteiger partial charge in [-0.1, -0.05) is 6.07 Å². The summed E-state index contributed by atoms with van der Waals surface area (Å²) in [5.74, 6) is -0.215. The summed E-state index contributed by atoms with van der Waals surface area (Å²) in [5, 5.41) is 3.66. The number of nitrogens with zero attached hydrogens (tertiary/aromatic N) is 1. The number of aryl methyl sites for hydroxylation is 1. The van der Waals surface area contributed by atoms with Gasteiger partial charge in [0.15, 0.2) is 5.11 Å². The van der Waals surface area contributed by atoms with Gasteiger partial charge < -0.3 is 10.2 Å². The number of nitrogens with one attached hydrogen (secondary N) is 1. The fourth-order valence-corrected chi connectivity index (χ4v) is 1.76.